The minimum atomic E-state index is -0.0281. The van der Waals surface area contributed by atoms with E-state index < -0.39 is 0 Å². The summed E-state index contributed by atoms with van der Waals surface area (Å²) in [6.45, 7) is 9.23. The Bertz CT molecular complexity index is 318. The minimum absolute atomic E-state index is 0.0281. The smallest absolute Gasteiger partial charge is 0.134 e. The van der Waals surface area contributed by atoms with E-state index in [-0.39, 0.29) is 5.41 Å². The zero-order valence-corrected chi connectivity index (χ0v) is 10.1. The normalized spacial score (nSPS) is 12.1. The number of nitrogens with two attached hydrogens (primary N) is 1. The molecule has 15 heavy (non-hydrogen) atoms. The summed E-state index contributed by atoms with van der Waals surface area (Å²) in [6.07, 6.45) is 2.75. The Balaban J connectivity index is 2.99. The van der Waals surface area contributed by atoms with Crippen LogP contribution in [-0.2, 0) is 5.41 Å². The number of rotatable bonds is 4. The molecule has 0 saturated heterocycles. The lowest BCUT2D eigenvalue weighted by atomic mass is 9.88. The fourth-order valence-corrected chi connectivity index (χ4v) is 1.49. The number of nitrogens with zero attached hydrogens (tertiary/aromatic N) is 2. The van der Waals surface area contributed by atoms with Gasteiger partial charge in [0.15, 0.2) is 0 Å². The lowest BCUT2D eigenvalue weighted by Gasteiger charge is -2.22. The van der Waals surface area contributed by atoms with Gasteiger partial charge in [-0.25, -0.2) is 9.97 Å². The van der Waals surface area contributed by atoms with Crippen molar-refractivity contribution in [2.24, 2.45) is 5.73 Å². The van der Waals surface area contributed by atoms with E-state index in [0.717, 1.165) is 17.9 Å². The van der Waals surface area contributed by atoms with E-state index in [1.807, 2.05) is 12.3 Å². The summed E-state index contributed by atoms with van der Waals surface area (Å²) in [4.78, 5) is 8.94. The maximum atomic E-state index is 5.59. The van der Waals surface area contributed by atoms with Crippen LogP contribution in [0.25, 0.3) is 0 Å². The molecule has 3 heteroatoms. The highest BCUT2D eigenvalue weighted by Crippen LogP contribution is 2.24. The maximum absolute atomic E-state index is 5.59. The molecule has 0 aliphatic carbocycles. The molecule has 2 N–H and O–H groups in total. The molecule has 1 rings (SSSR count). The van der Waals surface area contributed by atoms with Gasteiger partial charge in [0, 0.05) is 17.3 Å². The van der Waals surface area contributed by atoms with Crippen molar-refractivity contribution >= 4 is 0 Å². The van der Waals surface area contributed by atoms with Gasteiger partial charge in [0.05, 0.1) is 0 Å². The Hall–Kier alpha value is -0.960. The zero-order chi connectivity index (χ0) is 11.5. The number of hydrogen-bond acceptors (Lipinski definition) is 3. The minimum Gasteiger partial charge on any atom is -0.330 e. The molecule has 0 amide bonds. The van der Waals surface area contributed by atoms with Crippen LogP contribution < -0.4 is 5.73 Å². The second-order valence-corrected chi connectivity index (χ2v) is 4.88. The Morgan fingerprint density at radius 2 is 2.07 bits per heavy atom. The molecule has 0 spiro atoms. The molecule has 0 aromatic carbocycles. The summed E-state index contributed by atoms with van der Waals surface area (Å²) in [7, 11) is 0. The first kappa shape index (κ1) is 12.1. The van der Waals surface area contributed by atoms with Crippen LogP contribution in [0.4, 0.5) is 0 Å². The van der Waals surface area contributed by atoms with Crippen molar-refractivity contribution in [1.82, 2.24) is 9.97 Å². The molecule has 0 aliphatic rings. The van der Waals surface area contributed by atoms with E-state index in [1.54, 1.807) is 0 Å². The van der Waals surface area contributed by atoms with Gasteiger partial charge in [-0.2, -0.15) is 0 Å². The van der Waals surface area contributed by atoms with E-state index >= 15 is 0 Å². The predicted molar refractivity (Wildman–Crippen MR) is 62.8 cm³/mol. The highest BCUT2D eigenvalue weighted by atomic mass is 14.9. The van der Waals surface area contributed by atoms with E-state index in [2.05, 4.69) is 37.7 Å². The fraction of sp³-hybridized carbons (Fsp3) is 0.667. The summed E-state index contributed by atoms with van der Waals surface area (Å²) >= 11 is 0. The van der Waals surface area contributed by atoms with Gasteiger partial charge in [-0.15, -0.1) is 0 Å². The second kappa shape index (κ2) is 4.71. The molecule has 0 fully saturated rings. The molecular weight excluding hydrogens is 186 g/mol. The first-order valence-corrected chi connectivity index (χ1v) is 5.51. The van der Waals surface area contributed by atoms with Crippen molar-refractivity contribution in [3.63, 3.8) is 0 Å². The zero-order valence-electron chi connectivity index (χ0n) is 10.1. The molecule has 84 valence electrons. The van der Waals surface area contributed by atoms with Gasteiger partial charge in [0.2, 0.25) is 0 Å². The summed E-state index contributed by atoms with van der Waals surface area (Å²) in [6, 6.07) is 1.98. The third kappa shape index (κ3) is 2.99. The number of aromatic nitrogens is 2. The van der Waals surface area contributed by atoms with Gasteiger partial charge in [-0.3, -0.25) is 0 Å². The average Bonchev–Trinajstić information content (AvgIpc) is 2.18. The lowest BCUT2D eigenvalue weighted by molar-refractivity contribution is 0.454. The molecule has 0 aliphatic heterocycles. The van der Waals surface area contributed by atoms with Crippen LogP contribution in [0.15, 0.2) is 12.3 Å². The van der Waals surface area contributed by atoms with Crippen molar-refractivity contribution in [3.05, 3.63) is 23.8 Å². The first-order chi connectivity index (χ1) is 6.97. The molecule has 0 radical (unpaired) electrons. The van der Waals surface area contributed by atoms with Gasteiger partial charge < -0.3 is 5.73 Å². The monoisotopic (exact) mass is 207 g/mol. The van der Waals surface area contributed by atoms with Gasteiger partial charge in [0.1, 0.15) is 5.82 Å². The third-order valence-corrected chi connectivity index (χ3v) is 2.64. The van der Waals surface area contributed by atoms with Crippen molar-refractivity contribution in [1.29, 1.82) is 0 Å². The molecule has 0 saturated carbocycles. The standard InChI is InChI=1S/C12H21N3/c1-9(2)10-5-8-14-11(15-10)12(3,4)6-7-13/h5,8-9H,6-7,13H2,1-4H3. The Morgan fingerprint density at radius 3 is 2.60 bits per heavy atom. The average molecular weight is 207 g/mol. The topological polar surface area (TPSA) is 51.8 Å². The van der Waals surface area contributed by atoms with Crippen LogP contribution in [0.1, 0.15) is 51.6 Å². The van der Waals surface area contributed by atoms with Crippen LogP contribution in [0.3, 0.4) is 0 Å². The van der Waals surface area contributed by atoms with Crippen LogP contribution in [-0.4, -0.2) is 16.5 Å². The maximum Gasteiger partial charge on any atom is 0.134 e. The predicted octanol–water partition coefficient (Wildman–Crippen LogP) is 2.23. The van der Waals surface area contributed by atoms with Gasteiger partial charge in [-0.1, -0.05) is 27.7 Å². The summed E-state index contributed by atoms with van der Waals surface area (Å²) in [5.74, 6) is 1.35. The lowest BCUT2D eigenvalue weighted by Crippen LogP contribution is -2.25. The third-order valence-electron chi connectivity index (χ3n) is 2.64. The van der Waals surface area contributed by atoms with Gasteiger partial charge >= 0.3 is 0 Å². The molecule has 3 nitrogen and oxygen atoms in total. The summed E-state index contributed by atoms with van der Waals surface area (Å²) in [5, 5.41) is 0. The van der Waals surface area contributed by atoms with Gasteiger partial charge in [0.25, 0.3) is 0 Å². The highest BCUT2D eigenvalue weighted by Gasteiger charge is 2.23. The van der Waals surface area contributed by atoms with Crippen LogP contribution in [0.5, 0.6) is 0 Å². The Kier molecular flexibility index (Phi) is 3.80. The molecule has 1 aromatic rings. The number of hydrogen-bond donors (Lipinski definition) is 1. The molecular formula is C12H21N3. The van der Waals surface area contributed by atoms with E-state index in [9.17, 15) is 0 Å². The second-order valence-electron chi connectivity index (χ2n) is 4.88. The van der Waals surface area contributed by atoms with Crippen LogP contribution in [0.2, 0.25) is 0 Å². The molecule has 0 bridgehead atoms. The van der Waals surface area contributed by atoms with Crippen molar-refractivity contribution in [2.75, 3.05) is 6.54 Å². The molecule has 1 heterocycles. The largest absolute Gasteiger partial charge is 0.330 e. The Morgan fingerprint density at radius 1 is 1.40 bits per heavy atom. The van der Waals surface area contributed by atoms with Crippen molar-refractivity contribution < 1.29 is 0 Å². The fourth-order valence-electron chi connectivity index (χ4n) is 1.49. The molecule has 0 atom stereocenters. The molecule has 0 unspecified atom stereocenters. The van der Waals surface area contributed by atoms with Crippen LogP contribution in [0, 0.1) is 0 Å². The van der Waals surface area contributed by atoms with E-state index in [0.29, 0.717) is 12.5 Å². The van der Waals surface area contributed by atoms with E-state index in [1.165, 1.54) is 0 Å². The highest BCUT2D eigenvalue weighted by molar-refractivity contribution is 5.11. The first-order valence-electron chi connectivity index (χ1n) is 5.51. The Labute approximate surface area is 92.1 Å². The molecule has 1 aromatic heterocycles. The van der Waals surface area contributed by atoms with Gasteiger partial charge in [-0.05, 0) is 24.9 Å². The quantitative estimate of drug-likeness (QED) is 0.823. The summed E-state index contributed by atoms with van der Waals surface area (Å²) < 4.78 is 0. The summed E-state index contributed by atoms with van der Waals surface area (Å²) in [5.41, 5.74) is 6.67. The SMILES string of the molecule is CC(C)c1ccnc(C(C)(C)CCN)n1. The van der Waals surface area contributed by atoms with Crippen LogP contribution >= 0.6 is 0 Å². The van der Waals surface area contributed by atoms with Crippen molar-refractivity contribution in [3.8, 4) is 0 Å². The van der Waals surface area contributed by atoms with E-state index in [4.69, 9.17) is 5.73 Å². The van der Waals surface area contributed by atoms with Crippen molar-refractivity contribution in [2.45, 2.75) is 45.4 Å².